The first-order chi connectivity index (χ1) is 7.20. The molecular weight excluding hydrogens is 212 g/mol. The maximum Gasteiger partial charge on any atom is 0.289 e. The van der Waals surface area contributed by atoms with Crippen molar-refractivity contribution in [3.63, 3.8) is 0 Å². The molecule has 0 saturated carbocycles. The molecule has 3 nitrogen and oxygen atoms in total. The smallest absolute Gasteiger partial charge is 0.289 e. The number of rotatable bonds is 1. The molecule has 15 heavy (non-hydrogen) atoms. The molecule has 0 spiro atoms. The second kappa shape index (κ2) is 4.11. The second-order valence-electron chi connectivity index (χ2n) is 3.40. The molecule has 0 aliphatic carbocycles. The molecule has 0 bridgehead atoms. The van der Waals surface area contributed by atoms with E-state index >= 15 is 0 Å². The van der Waals surface area contributed by atoms with Gasteiger partial charge >= 0.3 is 0 Å². The topological polar surface area (TPSA) is 33.6 Å². The number of amidine groups is 1. The first-order valence-corrected chi connectivity index (χ1v) is 5.36. The lowest BCUT2D eigenvalue weighted by Gasteiger charge is -2.26. The first-order valence-electron chi connectivity index (χ1n) is 4.98. The highest BCUT2D eigenvalue weighted by atomic mass is 35.5. The number of hydrogen-bond acceptors (Lipinski definition) is 2. The average Bonchev–Trinajstić information content (AvgIpc) is 2.20. The number of halogens is 1. The number of ether oxygens (including phenoxy) is 1. The van der Waals surface area contributed by atoms with E-state index in [0.717, 1.165) is 16.3 Å². The van der Waals surface area contributed by atoms with Gasteiger partial charge in [-0.05, 0) is 32.0 Å². The van der Waals surface area contributed by atoms with Gasteiger partial charge in [0.25, 0.3) is 6.02 Å². The molecular formula is C11H13ClN2O. The van der Waals surface area contributed by atoms with Crippen molar-refractivity contribution >= 4 is 23.3 Å². The van der Waals surface area contributed by atoms with Crippen molar-refractivity contribution in [2.24, 2.45) is 4.99 Å². The number of aliphatic imine (C=N–C) groups is 1. The maximum atomic E-state index is 5.93. The SMILES string of the molecule is CCN=C1Nc2ccc(Cl)cc2C(C)O1. The Morgan fingerprint density at radius 2 is 2.33 bits per heavy atom. The summed E-state index contributed by atoms with van der Waals surface area (Å²) in [6.07, 6.45) is -0.00903. The molecule has 1 aliphatic rings. The fourth-order valence-corrected chi connectivity index (χ4v) is 1.76. The number of fused-ring (bicyclic) bond motifs is 1. The Kier molecular flexibility index (Phi) is 2.82. The van der Waals surface area contributed by atoms with E-state index < -0.39 is 0 Å². The van der Waals surface area contributed by atoms with Crippen molar-refractivity contribution in [2.45, 2.75) is 20.0 Å². The monoisotopic (exact) mass is 224 g/mol. The molecule has 2 rings (SSSR count). The Hall–Kier alpha value is -1.22. The summed E-state index contributed by atoms with van der Waals surface area (Å²) in [5.41, 5.74) is 2.09. The zero-order valence-corrected chi connectivity index (χ0v) is 9.51. The van der Waals surface area contributed by atoms with Crippen LogP contribution in [0.1, 0.15) is 25.5 Å². The lowest BCUT2D eigenvalue weighted by molar-refractivity contribution is 0.206. The third kappa shape index (κ3) is 2.07. The van der Waals surface area contributed by atoms with Gasteiger partial charge < -0.3 is 10.1 Å². The number of benzene rings is 1. The van der Waals surface area contributed by atoms with Gasteiger partial charge in [-0.3, -0.25) is 0 Å². The van der Waals surface area contributed by atoms with Crippen LogP contribution in [0.5, 0.6) is 0 Å². The Bertz CT molecular complexity index is 404. The molecule has 4 heteroatoms. The fraction of sp³-hybridized carbons (Fsp3) is 0.364. The van der Waals surface area contributed by atoms with Crippen LogP contribution in [-0.4, -0.2) is 12.6 Å². The van der Waals surface area contributed by atoms with E-state index in [1.807, 2.05) is 32.0 Å². The van der Waals surface area contributed by atoms with Crippen LogP contribution in [0.15, 0.2) is 23.2 Å². The minimum Gasteiger partial charge on any atom is -0.457 e. The molecule has 1 aliphatic heterocycles. The summed E-state index contributed by atoms with van der Waals surface area (Å²) >= 11 is 5.93. The summed E-state index contributed by atoms with van der Waals surface area (Å²) in [5, 5.41) is 3.85. The molecule has 1 aromatic carbocycles. The highest BCUT2D eigenvalue weighted by Crippen LogP contribution is 2.32. The summed E-state index contributed by atoms with van der Waals surface area (Å²) in [7, 11) is 0. The third-order valence-corrected chi connectivity index (χ3v) is 2.52. The van der Waals surface area contributed by atoms with Crippen LogP contribution in [0.2, 0.25) is 5.02 Å². The van der Waals surface area contributed by atoms with Crippen LogP contribution in [0.4, 0.5) is 5.69 Å². The van der Waals surface area contributed by atoms with Crippen LogP contribution in [0.25, 0.3) is 0 Å². The second-order valence-corrected chi connectivity index (χ2v) is 3.83. The van der Waals surface area contributed by atoms with Crippen molar-refractivity contribution in [3.05, 3.63) is 28.8 Å². The normalized spacial score (nSPS) is 21.8. The minimum absolute atomic E-state index is 0.00903. The van der Waals surface area contributed by atoms with Crippen molar-refractivity contribution in [3.8, 4) is 0 Å². The average molecular weight is 225 g/mol. The lowest BCUT2D eigenvalue weighted by atomic mass is 10.1. The van der Waals surface area contributed by atoms with E-state index in [1.54, 1.807) is 0 Å². The Morgan fingerprint density at radius 3 is 3.07 bits per heavy atom. The number of hydrogen-bond donors (Lipinski definition) is 1. The molecule has 80 valence electrons. The van der Waals surface area contributed by atoms with Crippen molar-refractivity contribution in [1.82, 2.24) is 0 Å². The Labute approximate surface area is 94.1 Å². The standard InChI is InChI=1S/C11H13ClN2O/c1-3-13-11-14-10-5-4-8(12)6-9(10)7(2)15-11/h4-7H,3H2,1-2H3,(H,13,14). The highest BCUT2D eigenvalue weighted by Gasteiger charge is 2.21. The molecule has 0 radical (unpaired) electrons. The molecule has 1 heterocycles. The molecule has 0 amide bonds. The van der Waals surface area contributed by atoms with E-state index in [-0.39, 0.29) is 6.10 Å². The first kappa shape index (κ1) is 10.3. The molecule has 1 unspecified atom stereocenters. The van der Waals surface area contributed by atoms with Gasteiger partial charge in [-0.2, -0.15) is 0 Å². The van der Waals surface area contributed by atoms with Gasteiger partial charge in [-0.15, -0.1) is 0 Å². The molecule has 1 aromatic rings. The van der Waals surface area contributed by atoms with Crippen LogP contribution < -0.4 is 5.32 Å². The van der Waals surface area contributed by atoms with E-state index in [9.17, 15) is 0 Å². The van der Waals surface area contributed by atoms with E-state index in [0.29, 0.717) is 12.6 Å². The van der Waals surface area contributed by atoms with E-state index in [1.165, 1.54) is 0 Å². The largest absolute Gasteiger partial charge is 0.457 e. The predicted octanol–water partition coefficient (Wildman–Crippen LogP) is 3.22. The van der Waals surface area contributed by atoms with E-state index in [4.69, 9.17) is 16.3 Å². The zero-order valence-electron chi connectivity index (χ0n) is 8.75. The Morgan fingerprint density at radius 1 is 1.53 bits per heavy atom. The molecule has 0 aromatic heterocycles. The number of anilines is 1. The summed E-state index contributed by atoms with van der Waals surface area (Å²) in [6.45, 7) is 4.67. The van der Waals surface area contributed by atoms with E-state index in [2.05, 4.69) is 10.3 Å². The van der Waals surface area contributed by atoms with Gasteiger partial charge in [0, 0.05) is 22.8 Å². The van der Waals surface area contributed by atoms with Crippen LogP contribution in [0, 0.1) is 0 Å². The molecule has 1 atom stereocenters. The summed E-state index contributed by atoms with van der Waals surface area (Å²) < 4.78 is 5.59. The van der Waals surface area contributed by atoms with Gasteiger partial charge in [-0.25, -0.2) is 4.99 Å². The number of nitrogens with one attached hydrogen (secondary N) is 1. The van der Waals surface area contributed by atoms with Gasteiger partial charge in [0.05, 0.1) is 0 Å². The molecule has 0 fully saturated rings. The minimum atomic E-state index is -0.00903. The summed E-state index contributed by atoms with van der Waals surface area (Å²) in [4.78, 5) is 4.21. The van der Waals surface area contributed by atoms with Gasteiger partial charge in [0.15, 0.2) is 0 Å². The van der Waals surface area contributed by atoms with Crippen molar-refractivity contribution in [2.75, 3.05) is 11.9 Å². The highest BCUT2D eigenvalue weighted by molar-refractivity contribution is 6.30. The zero-order chi connectivity index (χ0) is 10.8. The number of nitrogens with zero attached hydrogens (tertiary/aromatic N) is 1. The Balaban J connectivity index is 2.36. The molecule has 0 saturated heterocycles. The summed E-state index contributed by atoms with van der Waals surface area (Å²) in [5.74, 6) is 0. The third-order valence-electron chi connectivity index (χ3n) is 2.28. The van der Waals surface area contributed by atoms with Crippen LogP contribution >= 0.6 is 11.6 Å². The molecule has 1 N–H and O–H groups in total. The van der Waals surface area contributed by atoms with Crippen molar-refractivity contribution < 1.29 is 4.74 Å². The quantitative estimate of drug-likeness (QED) is 0.795. The van der Waals surface area contributed by atoms with Crippen LogP contribution in [0.3, 0.4) is 0 Å². The summed E-state index contributed by atoms with van der Waals surface area (Å²) in [6, 6.07) is 6.30. The van der Waals surface area contributed by atoms with Crippen LogP contribution in [-0.2, 0) is 4.74 Å². The predicted molar refractivity (Wildman–Crippen MR) is 62.6 cm³/mol. The van der Waals surface area contributed by atoms with Crippen molar-refractivity contribution in [1.29, 1.82) is 0 Å². The fourth-order valence-electron chi connectivity index (χ4n) is 1.58. The maximum absolute atomic E-state index is 5.93. The van der Waals surface area contributed by atoms with Gasteiger partial charge in [0.2, 0.25) is 0 Å². The van der Waals surface area contributed by atoms with Gasteiger partial charge in [-0.1, -0.05) is 11.6 Å². The van der Waals surface area contributed by atoms with Gasteiger partial charge in [0.1, 0.15) is 6.10 Å². The lowest BCUT2D eigenvalue weighted by Crippen LogP contribution is -2.25.